The summed E-state index contributed by atoms with van der Waals surface area (Å²) in [6.45, 7) is 6.04. The number of hydrogen-bond acceptors (Lipinski definition) is 3. The average Bonchev–Trinajstić information content (AvgIpc) is 2.48. The third kappa shape index (κ3) is 9.75. The number of halogens is 1. The van der Waals surface area contributed by atoms with Crippen LogP contribution in [0, 0.1) is 11.8 Å². The molecular formula is C18H23ClN2O3. The van der Waals surface area contributed by atoms with Crippen LogP contribution in [0.1, 0.15) is 39.2 Å². The molecule has 0 spiro atoms. The van der Waals surface area contributed by atoms with Gasteiger partial charge in [0.2, 0.25) is 5.91 Å². The van der Waals surface area contributed by atoms with Crippen LogP contribution in [-0.4, -0.2) is 30.7 Å². The molecule has 0 aliphatic rings. The molecular weight excluding hydrogens is 328 g/mol. The maximum Gasteiger partial charge on any atom is 0.407 e. The van der Waals surface area contributed by atoms with Crippen molar-refractivity contribution < 1.29 is 14.3 Å². The van der Waals surface area contributed by atoms with E-state index in [1.807, 2.05) is 12.1 Å². The maximum atomic E-state index is 11.6. The van der Waals surface area contributed by atoms with E-state index in [-0.39, 0.29) is 5.91 Å². The van der Waals surface area contributed by atoms with Crippen LogP contribution in [0.2, 0.25) is 5.02 Å². The van der Waals surface area contributed by atoms with Gasteiger partial charge in [-0.2, -0.15) is 0 Å². The Morgan fingerprint density at radius 1 is 1.12 bits per heavy atom. The molecule has 1 rings (SSSR count). The van der Waals surface area contributed by atoms with E-state index in [4.69, 9.17) is 16.3 Å². The van der Waals surface area contributed by atoms with Crippen molar-refractivity contribution in [1.82, 2.24) is 10.6 Å². The predicted octanol–water partition coefficient (Wildman–Crippen LogP) is 3.11. The van der Waals surface area contributed by atoms with Crippen LogP contribution in [0.25, 0.3) is 0 Å². The molecule has 0 saturated carbocycles. The van der Waals surface area contributed by atoms with E-state index in [1.54, 1.807) is 32.9 Å². The summed E-state index contributed by atoms with van der Waals surface area (Å²) in [4.78, 5) is 23.0. The van der Waals surface area contributed by atoms with E-state index >= 15 is 0 Å². The number of amides is 2. The number of ether oxygens (including phenoxy) is 1. The summed E-state index contributed by atoms with van der Waals surface area (Å²) in [5.74, 6) is 5.81. The fourth-order valence-corrected chi connectivity index (χ4v) is 1.77. The topological polar surface area (TPSA) is 67.4 Å². The van der Waals surface area contributed by atoms with Crippen LogP contribution in [0.3, 0.4) is 0 Å². The number of hydrogen-bond donors (Lipinski definition) is 2. The lowest BCUT2D eigenvalue weighted by molar-refractivity contribution is -0.120. The Hall–Kier alpha value is -2.19. The highest BCUT2D eigenvalue weighted by molar-refractivity contribution is 6.30. The van der Waals surface area contributed by atoms with Crippen molar-refractivity contribution in [2.75, 3.05) is 13.1 Å². The molecule has 0 atom stereocenters. The molecule has 0 aliphatic carbocycles. The van der Waals surface area contributed by atoms with Gasteiger partial charge in [-0.1, -0.05) is 23.4 Å². The fraction of sp³-hybridized carbons (Fsp3) is 0.444. The van der Waals surface area contributed by atoms with Crippen molar-refractivity contribution in [3.05, 3.63) is 34.9 Å². The van der Waals surface area contributed by atoms with E-state index in [0.717, 1.165) is 5.56 Å². The Morgan fingerprint density at radius 3 is 2.38 bits per heavy atom. The minimum Gasteiger partial charge on any atom is -0.444 e. The van der Waals surface area contributed by atoms with Crippen molar-refractivity contribution in [2.45, 2.75) is 39.2 Å². The SMILES string of the molecule is CC(C)(C)OC(=O)NCCNC(=O)CCC#Cc1ccc(Cl)cc1. The third-order valence-electron chi connectivity index (χ3n) is 2.67. The highest BCUT2D eigenvalue weighted by Crippen LogP contribution is 2.08. The summed E-state index contributed by atoms with van der Waals surface area (Å²) >= 11 is 5.79. The van der Waals surface area contributed by atoms with Crippen LogP contribution in [0.4, 0.5) is 4.79 Å². The molecule has 0 aliphatic heterocycles. The van der Waals surface area contributed by atoms with Crippen LogP contribution >= 0.6 is 11.6 Å². The molecule has 0 bridgehead atoms. The van der Waals surface area contributed by atoms with Crippen molar-refractivity contribution in [2.24, 2.45) is 0 Å². The first kappa shape index (κ1) is 19.9. The molecule has 5 nitrogen and oxygen atoms in total. The average molecular weight is 351 g/mol. The lowest BCUT2D eigenvalue weighted by Crippen LogP contribution is -2.37. The zero-order valence-electron chi connectivity index (χ0n) is 14.2. The number of carbonyl (C=O) groups is 2. The summed E-state index contributed by atoms with van der Waals surface area (Å²) < 4.78 is 5.08. The molecule has 0 radical (unpaired) electrons. The van der Waals surface area contributed by atoms with Crippen LogP contribution < -0.4 is 10.6 Å². The minimum absolute atomic E-state index is 0.105. The van der Waals surface area contributed by atoms with Crippen LogP contribution in [-0.2, 0) is 9.53 Å². The fourth-order valence-electron chi connectivity index (χ4n) is 1.64. The van der Waals surface area contributed by atoms with Crippen LogP contribution in [0.15, 0.2) is 24.3 Å². The Balaban J connectivity index is 2.15. The maximum absolute atomic E-state index is 11.6. The number of alkyl carbamates (subject to hydrolysis) is 1. The summed E-state index contributed by atoms with van der Waals surface area (Å²) in [6, 6.07) is 7.21. The molecule has 0 saturated heterocycles. The first-order valence-corrected chi connectivity index (χ1v) is 8.12. The normalized spacial score (nSPS) is 10.3. The van der Waals surface area contributed by atoms with Crippen molar-refractivity contribution in [3.8, 4) is 11.8 Å². The van der Waals surface area contributed by atoms with Gasteiger partial charge in [0.1, 0.15) is 5.60 Å². The standard InChI is InChI=1S/C18H23ClN2O3/c1-18(2,3)24-17(23)21-13-12-20-16(22)7-5-4-6-14-8-10-15(19)11-9-14/h8-11H,5,7,12-13H2,1-3H3,(H,20,22)(H,21,23). The van der Waals surface area contributed by atoms with Gasteiger partial charge >= 0.3 is 6.09 Å². The Bertz CT molecular complexity index is 610. The molecule has 2 amide bonds. The number of nitrogens with one attached hydrogen (secondary N) is 2. The Labute approximate surface area is 148 Å². The molecule has 6 heteroatoms. The van der Waals surface area contributed by atoms with Gasteiger partial charge < -0.3 is 15.4 Å². The zero-order chi connectivity index (χ0) is 18.0. The minimum atomic E-state index is -0.532. The van der Waals surface area contributed by atoms with Gasteiger partial charge in [0.25, 0.3) is 0 Å². The quantitative estimate of drug-likeness (QED) is 0.633. The van der Waals surface area contributed by atoms with E-state index in [2.05, 4.69) is 22.5 Å². The molecule has 0 unspecified atom stereocenters. The summed E-state index contributed by atoms with van der Waals surface area (Å²) in [6.07, 6.45) is 0.284. The van der Waals surface area contributed by atoms with Gasteiger partial charge in [-0.05, 0) is 45.0 Å². The lowest BCUT2D eigenvalue weighted by Gasteiger charge is -2.19. The molecule has 1 aromatic carbocycles. The summed E-state index contributed by atoms with van der Waals surface area (Å²) in [5, 5.41) is 5.95. The number of rotatable bonds is 5. The first-order chi connectivity index (χ1) is 11.3. The van der Waals surface area contributed by atoms with Crippen LogP contribution in [0.5, 0.6) is 0 Å². The Morgan fingerprint density at radius 2 is 1.75 bits per heavy atom. The molecule has 2 N–H and O–H groups in total. The van der Waals surface area contributed by atoms with E-state index in [0.29, 0.717) is 31.0 Å². The predicted molar refractivity (Wildman–Crippen MR) is 94.8 cm³/mol. The molecule has 1 aromatic rings. The largest absolute Gasteiger partial charge is 0.444 e. The Kier molecular flexibility index (Phi) is 8.14. The highest BCUT2D eigenvalue weighted by Gasteiger charge is 2.15. The van der Waals surface area contributed by atoms with Crippen molar-refractivity contribution in [1.29, 1.82) is 0 Å². The molecule has 0 aromatic heterocycles. The van der Waals surface area contributed by atoms with Gasteiger partial charge in [-0.25, -0.2) is 4.79 Å². The van der Waals surface area contributed by atoms with Gasteiger partial charge in [-0.15, -0.1) is 0 Å². The molecule has 0 heterocycles. The van der Waals surface area contributed by atoms with Gasteiger partial charge in [0.05, 0.1) is 0 Å². The smallest absolute Gasteiger partial charge is 0.407 e. The van der Waals surface area contributed by atoms with Crippen molar-refractivity contribution >= 4 is 23.6 Å². The second-order valence-corrected chi connectivity index (χ2v) is 6.52. The molecule has 0 fully saturated rings. The lowest BCUT2D eigenvalue weighted by atomic mass is 10.2. The van der Waals surface area contributed by atoms with E-state index in [9.17, 15) is 9.59 Å². The highest BCUT2D eigenvalue weighted by atomic mass is 35.5. The number of benzene rings is 1. The van der Waals surface area contributed by atoms with E-state index < -0.39 is 11.7 Å². The zero-order valence-corrected chi connectivity index (χ0v) is 15.0. The first-order valence-electron chi connectivity index (χ1n) is 7.74. The van der Waals surface area contributed by atoms with Gasteiger partial charge in [0, 0.05) is 36.5 Å². The van der Waals surface area contributed by atoms with E-state index in [1.165, 1.54) is 0 Å². The summed E-state index contributed by atoms with van der Waals surface area (Å²) in [7, 11) is 0. The summed E-state index contributed by atoms with van der Waals surface area (Å²) in [5.41, 5.74) is 0.331. The van der Waals surface area contributed by atoms with Gasteiger partial charge in [-0.3, -0.25) is 4.79 Å². The monoisotopic (exact) mass is 350 g/mol. The third-order valence-corrected chi connectivity index (χ3v) is 2.92. The second-order valence-electron chi connectivity index (χ2n) is 6.09. The number of carbonyl (C=O) groups excluding carboxylic acids is 2. The van der Waals surface area contributed by atoms with Crippen molar-refractivity contribution in [3.63, 3.8) is 0 Å². The molecule has 130 valence electrons. The molecule has 24 heavy (non-hydrogen) atoms. The van der Waals surface area contributed by atoms with Gasteiger partial charge in [0.15, 0.2) is 0 Å². The second kappa shape index (κ2) is 9.84.